The van der Waals surface area contributed by atoms with E-state index in [9.17, 15) is 4.39 Å². The summed E-state index contributed by atoms with van der Waals surface area (Å²) < 4.78 is 18.5. The van der Waals surface area contributed by atoms with Crippen LogP contribution in [0.5, 0.6) is 5.75 Å². The summed E-state index contributed by atoms with van der Waals surface area (Å²) in [5.41, 5.74) is 0.468. The number of hydrogen-bond donors (Lipinski definition) is 1. The molecule has 0 aliphatic rings. The molecule has 0 aromatic heterocycles. The summed E-state index contributed by atoms with van der Waals surface area (Å²) in [6.45, 7) is -0.211. The number of hydrogen-bond acceptors (Lipinski definition) is 2. The monoisotopic (exact) mass is 282 g/mol. The van der Waals surface area contributed by atoms with E-state index in [1.54, 1.807) is 12.1 Å². The minimum atomic E-state index is -0.412. The highest BCUT2D eigenvalue weighted by atomic mass is 127. The van der Waals surface area contributed by atoms with Gasteiger partial charge in [0.1, 0.15) is 0 Å². The van der Waals surface area contributed by atoms with Crippen molar-refractivity contribution in [2.24, 2.45) is 0 Å². The van der Waals surface area contributed by atoms with Crippen LogP contribution in [0.15, 0.2) is 12.1 Å². The summed E-state index contributed by atoms with van der Waals surface area (Å²) >= 11 is 1.87. The van der Waals surface area contributed by atoms with Crippen LogP contribution >= 0.6 is 22.6 Å². The number of benzene rings is 1. The third-order valence-corrected chi connectivity index (χ3v) is 2.34. The van der Waals surface area contributed by atoms with E-state index in [2.05, 4.69) is 0 Å². The number of aliphatic hydroxyl groups excluding tert-OH is 1. The second kappa shape index (κ2) is 4.04. The molecule has 0 amide bonds. The zero-order valence-corrected chi connectivity index (χ0v) is 8.63. The molecule has 0 saturated heterocycles. The number of ether oxygens (including phenoxy) is 1. The summed E-state index contributed by atoms with van der Waals surface area (Å²) in [7, 11) is 1.38. The van der Waals surface area contributed by atoms with Crippen LogP contribution in [0, 0.1) is 9.39 Å². The summed E-state index contributed by atoms with van der Waals surface area (Å²) in [5.74, 6) is -0.283. The van der Waals surface area contributed by atoms with Crippen molar-refractivity contribution in [2.45, 2.75) is 6.61 Å². The van der Waals surface area contributed by atoms with Gasteiger partial charge in [0.05, 0.1) is 17.3 Å². The van der Waals surface area contributed by atoms with Crippen molar-refractivity contribution >= 4 is 22.6 Å². The standard InChI is InChI=1S/C8H8FIO2/c1-12-8-5(4-11)2-3-6(10)7(8)9/h2-3,11H,4H2,1H3. The first-order chi connectivity index (χ1) is 5.70. The van der Waals surface area contributed by atoms with Crippen LogP contribution in [0.3, 0.4) is 0 Å². The molecule has 1 aromatic carbocycles. The van der Waals surface area contributed by atoms with Gasteiger partial charge < -0.3 is 9.84 Å². The van der Waals surface area contributed by atoms with Gasteiger partial charge in [-0.05, 0) is 28.7 Å². The molecule has 0 atom stereocenters. The summed E-state index contributed by atoms with van der Waals surface area (Å²) in [4.78, 5) is 0. The van der Waals surface area contributed by atoms with Crippen molar-refractivity contribution in [3.63, 3.8) is 0 Å². The molecular weight excluding hydrogens is 274 g/mol. The number of halogens is 2. The Morgan fingerprint density at radius 2 is 2.25 bits per heavy atom. The fraction of sp³-hybridized carbons (Fsp3) is 0.250. The molecule has 0 saturated carbocycles. The maximum absolute atomic E-state index is 13.2. The first-order valence-corrected chi connectivity index (χ1v) is 4.40. The van der Waals surface area contributed by atoms with Crippen molar-refractivity contribution in [3.05, 3.63) is 27.1 Å². The molecule has 12 heavy (non-hydrogen) atoms. The molecular formula is C8H8FIO2. The Hall–Kier alpha value is -0.360. The molecule has 0 aliphatic carbocycles. The molecule has 0 heterocycles. The summed E-state index contributed by atoms with van der Waals surface area (Å²) in [6, 6.07) is 3.24. The second-order valence-corrected chi connectivity index (χ2v) is 3.37. The Morgan fingerprint density at radius 1 is 1.58 bits per heavy atom. The molecule has 1 aromatic rings. The van der Waals surface area contributed by atoms with Gasteiger partial charge in [-0.25, -0.2) is 4.39 Å². The molecule has 1 rings (SSSR count). The van der Waals surface area contributed by atoms with Gasteiger partial charge in [0.15, 0.2) is 11.6 Å². The van der Waals surface area contributed by atoms with Crippen molar-refractivity contribution < 1.29 is 14.2 Å². The normalized spacial score (nSPS) is 10.0. The molecule has 2 nitrogen and oxygen atoms in total. The fourth-order valence-corrected chi connectivity index (χ4v) is 1.34. The average Bonchev–Trinajstić information content (AvgIpc) is 2.09. The lowest BCUT2D eigenvalue weighted by atomic mass is 10.2. The highest BCUT2D eigenvalue weighted by Gasteiger charge is 2.11. The van der Waals surface area contributed by atoms with Gasteiger partial charge in [-0.1, -0.05) is 6.07 Å². The lowest BCUT2D eigenvalue weighted by Crippen LogP contribution is -1.97. The lowest BCUT2D eigenvalue weighted by Gasteiger charge is -2.07. The van der Waals surface area contributed by atoms with E-state index in [1.165, 1.54) is 7.11 Å². The zero-order valence-electron chi connectivity index (χ0n) is 6.47. The molecule has 0 radical (unpaired) electrons. The molecule has 0 spiro atoms. The van der Waals surface area contributed by atoms with Crippen LogP contribution < -0.4 is 4.74 Å². The Morgan fingerprint density at radius 3 is 2.75 bits per heavy atom. The van der Waals surface area contributed by atoms with Crippen LogP contribution in [0.1, 0.15) is 5.56 Å². The van der Waals surface area contributed by atoms with Crippen LogP contribution in [0.4, 0.5) is 4.39 Å². The van der Waals surface area contributed by atoms with Crippen LogP contribution in [0.25, 0.3) is 0 Å². The molecule has 66 valence electrons. The lowest BCUT2D eigenvalue weighted by molar-refractivity contribution is 0.270. The molecule has 0 bridgehead atoms. The van der Waals surface area contributed by atoms with Gasteiger partial charge in [-0.3, -0.25) is 0 Å². The molecule has 0 aliphatic heterocycles. The predicted molar refractivity (Wildman–Crippen MR) is 51.6 cm³/mol. The SMILES string of the molecule is COc1c(CO)ccc(I)c1F. The second-order valence-electron chi connectivity index (χ2n) is 2.21. The van der Waals surface area contributed by atoms with Crippen molar-refractivity contribution in [3.8, 4) is 5.75 Å². The van der Waals surface area contributed by atoms with Crippen molar-refractivity contribution in [2.75, 3.05) is 7.11 Å². The summed E-state index contributed by atoms with van der Waals surface area (Å²) in [6.07, 6.45) is 0. The smallest absolute Gasteiger partial charge is 0.178 e. The van der Waals surface area contributed by atoms with E-state index in [4.69, 9.17) is 9.84 Å². The Balaban J connectivity index is 3.25. The number of methoxy groups -OCH3 is 1. The fourth-order valence-electron chi connectivity index (χ4n) is 0.917. The predicted octanol–water partition coefficient (Wildman–Crippen LogP) is 1.93. The Kier molecular flexibility index (Phi) is 3.28. The molecule has 0 unspecified atom stereocenters. The van der Waals surface area contributed by atoms with E-state index < -0.39 is 5.82 Å². The largest absolute Gasteiger partial charge is 0.493 e. The van der Waals surface area contributed by atoms with Gasteiger partial charge in [-0.2, -0.15) is 0 Å². The van der Waals surface area contributed by atoms with E-state index >= 15 is 0 Å². The van der Waals surface area contributed by atoms with Gasteiger partial charge in [0.25, 0.3) is 0 Å². The average molecular weight is 282 g/mol. The molecule has 4 heteroatoms. The minimum absolute atomic E-state index is 0.129. The third-order valence-electron chi connectivity index (χ3n) is 1.51. The van der Waals surface area contributed by atoms with Gasteiger partial charge in [0, 0.05) is 5.56 Å². The van der Waals surface area contributed by atoms with Gasteiger partial charge >= 0.3 is 0 Å². The van der Waals surface area contributed by atoms with E-state index in [-0.39, 0.29) is 12.4 Å². The maximum Gasteiger partial charge on any atom is 0.178 e. The quantitative estimate of drug-likeness (QED) is 0.840. The van der Waals surface area contributed by atoms with E-state index in [1.807, 2.05) is 22.6 Å². The maximum atomic E-state index is 13.2. The summed E-state index contributed by atoms with van der Waals surface area (Å²) in [5, 5.41) is 8.82. The third kappa shape index (κ3) is 1.69. The van der Waals surface area contributed by atoms with E-state index in [0.29, 0.717) is 9.13 Å². The first kappa shape index (κ1) is 9.73. The number of rotatable bonds is 2. The highest BCUT2D eigenvalue weighted by Crippen LogP contribution is 2.26. The van der Waals surface area contributed by atoms with E-state index in [0.717, 1.165) is 0 Å². The van der Waals surface area contributed by atoms with Crippen molar-refractivity contribution in [1.82, 2.24) is 0 Å². The molecule has 1 N–H and O–H groups in total. The highest BCUT2D eigenvalue weighted by molar-refractivity contribution is 14.1. The first-order valence-electron chi connectivity index (χ1n) is 3.32. The zero-order chi connectivity index (χ0) is 9.14. The Labute approximate surface area is 83.5 Å². The van der Waals surface area contributed by atoms with Crippen LogP contribution in [0.2, 0.25) is 0 Å². The van der Waals surface area contributed by atoms with Crippen LogP contribution in [-0.2, 0) is 6.61 Å². The minimum Gasteiger partial charge on any atom is -0.493 e. The van der Waals surface area contributed by atoms with Gasteiger partial charge in [0.2, 0.25) is 0 Å². The number of aliphatic hydroxyl groups is 1. The van der Waals surface area contributed by atoms with Gasteiger partial charge in [-0.15, -0.1) is 0 Å². The topological polar surface area (TPSA) is 29.5 Å². The molecule has 0 fully saturated rings. The van der Waals surface area contributed by atoms with Crippen LogP contribution in [-0.4, -0.2) is 12.2 Å². The Bertz CT molecular complexity index is 289. The van der Waals surface area contributed by atoms with Crippen molar-refractivity contribution in [1.29, 1.82) is 0 Å².